The number of hydrogen-bond acceptors (Lipinski definition) is 7. The number of amides is 3. The topological polar surface area (TPSA) is 115 Å². The van der Waals surface area contributed by atoms with Crippen molar-refractivity contribution in [2.24, 2.45) is 0 Å². The average Bonchev–Trinajstić information content (AvgIpc) is 3.46. The highest BCUT2D eigenvalue weighted by molar-refractivity contribution is 6.05. The smallest absolute Gasteiger partial charge is 0.258 e. The molecule has 0 radical (unpaired) electrons. The lowest BCUT2D eigenvalue weighted by Crippen LogP contribution is -2.53. The first-order chi connectivity index (χ1) is 20.4. The molecule has 3 atom stereocenters. The summed E-state index contributed by atoms with van der Waals surface area (Å²) in [7, 11) is 1.71. The molecule has 0 bridgehead atoms. The van der Waals surface area contributed by atoms with Gasteiger partial charge in [0.15, 0.2) is 11.5 Å². The first-order valence-corrected chi connectivity index (χ1v) is 13.8. The number of anilines is 1. The van der Waals surface area contributed by atoms with Gasteiger partial charge in [0.25, 0.3) is 11.8 Å². The molecular weight excluding hydrogens is 545 g/mol. The third-order valence-electron chi connectivity index (χ3n) is 7.73. The summed E-state index contributed by atoms with van der Waals surface area (Å²) in [4.78, 5) is 40.4. The predicted octanol–water partition coefficient (Wildman–Crippen LogP) is 3.89. The van der Waals surface area contributed by atoms with Crippen molar-refractivity contribution in [1.29, 1.82) is 0 Å². The second kappa shape index (κ2) is 11.7. The van der Waals surface area contributed by atoms with Gasteiger partial charge in [-0.15, -0.1) is 0 Å². The molecule has 3 heterocycles. The number of rotatable bonds is 6. The maximum atomic E-state index is 14.0. The van der Waals surface area contributed by atoms with E-state index < -0.39 is 17.8 Å². The number of carbonyl (C=O) groups excluding carboxylic acids is 3. The second-order valence-electron chi connectivity index (χ2n) is 10.5. The molecule has 6 rings (SSSR count). The quantitative estimate of drug-likeness (QED) is 0.458. The van der Waals surface area contributed by atoms with E-state index in [1.807, 2.05) is 18.2 Å². The minimum atomic E-state index is -0.635. The molecule has 3 aromatic rings. The zero-order valence-corrected chi connectivity index (χ0v) is 22.9. The summed E-state index contributed by atoms with van der Waals surface area (Å²) in [6.45, 7) is 0.734. The van der Waals surface area contributed by atoms with E-state index in [-0.39, 0.29) is 54.9 Å². The number of halogens is 1. The van der Waals surface area contributed by atoms with Crippen LogP contribution in [0.25, 0.3) is 0 Å². The molecule has 1 fully saturated rings. The zero-order chi connectivity index (χ0) is 29.2. The van der Waals surface area contributed by atoms with Gasteiger partial charge in [0, 0.05) is 19.3 Å². The van der Waals surface area contributed by atoms with Gasteiger partial charge in [0.05, 0.1) is 29.7 Å². The van der Waals surface area contributed by atoms with E-state index in [2.05, 4.69) is 10.6 Å². The lowest BCUT2D eigenvalue weighted by molar-refractivity contribution is -0.134. The second-order valence-corrected chi connectivity index (χ2v) is 10.5. The van der Waals surface area contributed by atoms with Crippen molar-refractivity contribution < 1.29 is 37.7 Å². The van der Waals surface area contributed by atoms with Crippen molar-refractivity contribution in [3.63, 3.8) is 0 Å². The molecule has 1 saturated heterocycles. The first-order valence-electron chi connectivity index (χ1n) is 13.8. The summed E-state index contributed by atoms with van der Waals surface area (Å²) in [5.74, 6) is 0.0249. The van der Waals surface area contributed by atoms with Crippen LogP contribution in [0.5, 0.6) is 17.2 Å². The van der Waals surface area contributed by atoms with Crippen molar-refractivity contribution in [1.82, 2.24) is 10.2 Å². The normalized spacial score (nSPS) is 20.9. The minimum absolute atomic E-state index is 0.0951. The van der Waals surface area contributed by atoms with Gasteiger partial charge in [0.2, 0.25) is 12.7 Å². The summed E-state index contributed by atoms with van der Waals surface area (Å²) in [6, 6.07) is 15.7. The molecule has 2 N–H and O–H groups in total. The third kappa shape index (κ3) is 5.73. The van der Waals surface area contributed by atoms with Gasteiger partial charge in [-0.05, 0) is 60.9 Å². The van der Waals surface area contributed by atoms with E-state index in [1.54, 1.807) is 30.1 Å². The van der Waals surface area contributed by atoms with Crippen LogP contribution in [0.2, 0.25) is 0 Å². The number of benzene rings is 3. The summed E-state index contributed by atoms with van der Waals surface area (Å²) < 4.78 is 37.0. The number of likely N-dealkylation sites (N-methyl/N-ethyl adjacent to an activating group) is 1. The van der Waals surface area contributed by atoms with Crippen LogP contribution in [0.1, 0.15) is 45.5 Å². The monoisotopic (exact) mass is 575 g/mol. The van der Waals surface area contributed by atoms with E-state index in [1.165, 1.54) is 24.3 Å². The van der Waals surface area contributed by atoms with Crippen LogP contribution in [-0.4, -0.2) is 61.3 Å². The Labute approximate surface area is 241 Å². The Hall–Kier alpha value is -4.64. The van der Waals surface area contributed by atoms with Gasteiger partial charge >= 0.3 is 0 Å². The van der Waals surface area contributed by atoms with Crippen LogP contribution >= 0.6 is 0 Å². The maximum Gasteiger partial charge on any atom is 0.258 e. The van der Waals surface area contributed by atoms with Crippen molar-refractivity contribution >= 4 is 23.4 Å². The Balaban J connectivity index is 1.07. The molecule has 0 unspecified atom stereocenters. The van der Waals surface area contributed by atoms with Gasteiger partial charge in [-0.2, -0.15) is 0 Å². The molecule has 11 heteroatoms. The maximum absolute atomic E-state index is 14.0. The SMILES string of the molecule is CN1C(=O)c2cc(NC(=O)c3ccccc3F)ccc2OC[C@H]2O[C@H](CC(=O)NCc3ccc4c(c3)OCO4)CC[C@@H]21. The van der Waals surface area contributed by atoms with Crippen molar-refractivity contribution in [2.75, 3.05) is 25.8 Å². The Morgan fingerprint density at radius 2 is 1.79 bits per heavy atom. The Morgan fingerprint density at radius 3 is 2.64 bits per heavy atom. The van der Waals surface area contributed by atoms with E-state index in [0.717, 1.165) is 5.56 Å². The average molecular weight is 576 g/mol. The lowest BCUT2D eigenvalue weighted by atomic mass is 9.94. The van der Waals surface area contributed by atoms with E-state index in [4.69, 9.17) is 18.9 Å². The fourth-order valence-corrected chi connectivity index (χ4v) is 5.48. The molecule has 0 aromatic heterocycles. The van der Waals surface area contributed by atoms with Crippen LogP contribution in [-0.2, 0) is 16.1 Å². The molecule has 218 valence electrons. The molecule has 3 aliphatic heterocycles. The predicted molar refractivity (Wildman–Crippen MR) is 149 cm³/mol. The number of ether oxygens (including phenoxy) is 4. The molecule has 0 spiro atoms. The van der Waals surface area contributed by atoms with Gasteiger partial charge < -0.3 is 34.5 Å². The summed E-state index contributed by atoms with van der Waals surface area (Å²) in [5, 5.41) is 5.58. The lowest BCUT2D eigenvalue weighted by Gasteiger charge is -2.42. The van der Waals surface area contributed by atoms with Crippen LogP contribution in [0.3, 0.4) is 0 Å². The fraction of sp³-hybridized carbons (Fsp3) is 0.323. The molecule has 0 saturated carbocycles. The first kappa shape index (κ1) is 27.5. The molecular formula is C31H30FN3O7. The Kier molecular flexibility index (Phi) is 7.66. The largest absolute Gasteiger partial charge is 0.490 e. The standard InChI is InChI=1S/C31H30FN3O7/c1-35-24-9-8-20(14-29(36)33-15-18-6-10-26-27(12-18)41-17-40-26)42-28(24)16-39-25-11-7-19(13-22(25)31(35)38)34-30(37)21-4-2-3-5-23(21)32/h2-7,10-13,20,24,28H,8-9,14-17H2,1H3,(H,33,36)(H,34,37)/t20-,24-,28+/m0/s1. The van der Waals surface area contributed by atoms with Crippen molar-refractivity contribution in [2.45, 2.75) is 44.1 Å². The Bertz CT molecular complexity index is 1530. The summed E-state index contributed by atoms with van der Waals surface area (Å²) in [5.41, 5.74) is 1.44. The van der Waals surface area contributed by atoms with Crippen molar-refractivity contribution in [3.8, 4) is 17.2 Å². The highest BCUT2D eigenvalue weighted by atomic mass is 19.1. The van der Waals surface area contributed by atoms with Gasteiger partial charge in [-0.1, -0.05) is 18.2 Å². The fourth-order valence-electron chi connectivity index (χ4n) is 5.48. The van der Waals surface area contributed by atoms with E-state index >= 15 is 0 Å². The molecule has 3 aromatic carbocycles. The molecule has 42 heavy (non-hydrogen) atoms. The highest BCUT2D eigenvalue weighted by Crippen LogP contribution is 2.34. The number of carbonyl (C=O) groups is 3. The summed E-state index contributed by atoms with van der Waals surface area (Å²) >= 11 is 0. The number of nitrogens with one attached hydrogen (secondary N) is 2. The van der Waals surface area contributed by atoms with Crippen LogP contribution < -0.4 is 24.8 Å². The third-order valence-corrected chi connectivity index (χ3v) is 7.73. The van der Waals surface area contributed by atoms with Crippen LogP contribution in [0.15, 0.2) is 60.7 Å². The highest BCUT2D eigenvalue weighted by Gasteiger charge is 2.39. The summed E-state index contributed by atoms with van der Waals surface area (Å²) in [6.07, 6.45) is 0.683. The van der Waals surface area contributed by atoms with Crippen molar-refractivity contribution in [3.05, 3.63) is 83.2 Å². The van der Waals surface area contributed by atoms with Gasteiger partial charge in [0.1, 0.15) is 24.3 Å². The Morgan fingerprint density at radius 1 is 0.976 bits per heavy atom. The minimum Gasteiger partial charge on any atom is -0.490 e. The molecule has 3 amide bonds. The molecule has 0 aliphatic carbocycles. The van der Waals surface area contributed by atoms with E-state index in [9.17, 15) is 18.8 Å². The number of hydrogen-bond donors (Lipinski definition) is 2. The zero-order valence-electron chi connectivity index (χ0n) is 22.9. The van der Waals surface area contributed by atoms with E-state index in [0.29, 0.717) is 42.3 Å². The van der Waals surface area contributed by atoms with Gasteiger partial charge in [-0.25, -0.2) is 4.39 Å². The van der Waals surface area contributed by atoms with Crippen LogP contribution in [0, 0.1) is 5.82 Å². The number of fused-ring (bicyclic) bond motifs is 3. The van der Waals surface area contributed by atoms with Crippen LogP contribution in [0.4, 0.5) is 10.1 Å². The van der Waals surface area contributed by atoms with Gasteiger partial charge in [-0.3, -0.25) is 14.4 Å². The molecule has 3 aliphatic rings. The molecule has 10 nitrogen and oxygen atoms in total. The number of nitrogens with zero attached hydrogens (tertiary/aromatic N) is 1.